The third kappa shape index (κ3) is 6.08. The number of nitrogens with zero attached hydrogens (tertiary/aromatic N) is 2. The predicted octanol–water partition coefficient (Wildman–Crippen LogP) is 2.51. The molecule has 162 valence electrons. The van der Waals surface area contributed by atoms with Crippen molar-refractivity contribution in [2.45, 2.75) is 13.5 Å². The van der Waals surface area contributed by atoms with Gasteiger partial charge in [-0.2, -0.15) is 5.10 Å². The largest absolute Gasteiger partial charge is 0.497 e. The van der Waals surface area contributed by atoms with Crippen LogP contribution in [-0.4, -0.2) is 42.6 Å². The number of amides is 1. The summed E-state index contributed by atoms with van der Waals surface area (Å²) in [5.74, 6) is 1.53. The quantitative estimate of drug-likeness (QED) is 0.539. The summed E-state index contributed by atoms with van der Waals surface area (Å²) in [7, 11) is 1.60. The molecule has 0 saturated carbocycles. The van der Waals surface area contributed by atoms with Crippen LogP contribution < -0.4 is 25.1 Å². The molecule has 0 fully saturated rings. The molecule has 0 radical (unpaired) electrons. The molecule has 0 saturated heterocycles. The van der Waals surface area contributed by atoms with Gasteiger partial charge in [-0.3, -0.25) is 9.59 Å². The van der Waals surface area contributed by atoms with E-state index in [1.54, 1.807) is 25.3 Å². The van der Waals surface area contributed by atoms with Gasteiger partial charge in [0.2, 0.25) is 0 Å². The molecular formula is C23H25N3O5. The van der Waals surface area contributed by atoms with Gasteiger partial charge in [-0.15, -0.1) is 0 Å². The molecule has 1 amide bonds. The molecule has 0 unspecified atom stereocenters. The zero-order chi connectivity index (χ0) is 22.1. The van der Waals surface area contributed by atoms with Crippen molar-refractivity contribution >= 4 is 5.91 Å². The minimum atomic E-state index is -0.300. The van der Waals surface area contributed by atoms with Gasteiger partial charge in [0.1, 0.15) is 5.75 Å². The van der Waals surface area contributed by atoms with E-state index in [9.17, 15) is 9.59 Å². The molecule has 1 aromatic heterocycles. The second kappa shape index (κ2) is 10.8. The van der Waals surface area contributed by atoms with Crippen LogP contribution in [0.1, 0.15) is 6.92 Å². The van der Waals surface area contributed by atoms with Gasteiger partial charge >= 0.3 is 0 Å². The second-order valence-corrected chi connectivity index (χ2v) is 6.53. The smallest absolute Gasteiger partial charge is 0.266 e. The summed E-state index contributed by atoms with van der Waals surface area (Å²) in [6.07, 6.45) is 0. The van der Waals surface area contributed by atoms with Crippen LogP contribution in [0.4, 0.5) is 0 Å². The molecule has 8 nitrogen and oxygen atoms in total. The summed E-state index contributed by atoms with van der Waals surface area (Å²) in [5, 5.41) is 7.12. The molecule has 3 rings (SSSR count). The highest BCUT2D eigenvalue weighted by Crippen LogP contribution is 2.26. The van der Waals surface area contributed by atoms with Crippen LogP contribution in [0.25, 0.3) is 11.3 Å². The monoisotopic (exact) mass is 423 g/mol. The van der Waals surface area contributed by atoms with Crippen LogP contribution >= 0.6 is 0 Å². The number of aromatic nitrogens is 2. The highest BCUT2D eigenvalue weighted by atomic mass is 16.5. The maximum atomic E-state index is 12.1. The van der Waals surface area contributed by atoms with Gasteiger partial charge in [0.05, 0.1) is 26.0 Å². The van der Waals surface area contributed by atoms with Gasteiger partial charge in [0, 0.05) is 18.2 Å². The number of carbonyl (C=O) groups is 1. The van der Waals surface area contributed by atoms with E-state index in [1.807, 2.05) is 43.3 Å². The minimum absolute atomic E-state index is 0.154. The number of rotatable bonds is 10. The molecule has 0 atom stereocenters. The number of hydrogen-bond donors (Lipinski definition) is 1. The Kier molecular flexibility index (Phi) is 7.64. The van der Waals surface area contributed by atoms with Crippen molar-refractivity contribution in [1.29, 1.82) is 0 Å². The van der Waals surface area contributed by atoms with Gasteiger partial charge in [-0.1, -0.05) is 12.1 Å². The van der Waals surface area contributed by atoms with Gasteiger partial charge in [0.15, 0.2) is 18.1 Å². The molecule has 2 aromatic carbocycles. The number of methoxy groups -OCH3 is 1. The van der Waals surface area contributed by atoms with Crippen LogP contribution in [-0.2, 0) is 11.3 Å². The number of hydrogen-bond acceptors (Lipinski definition) is 6. The van der Waals surface area contributed by atoms with E-state index >= 15 is 0 Å². The zero-order valence-electron chi connectivity index (χ0n) is 17.5. The topological polar surface area (TPSA) is 91.7 Å². The molecule has 0 aliphatic heterocycles. The molecule has 0 bridgehead atoms. The lowest BCUT2D eigenvalue weighted by molar-refractivity contribution is -0.123. The van der Waals surface area contributed by atoms with E-state index in [0.29, 0.717) is 23.8 Å². The summed E-state index contributed by atoms with van der Waals surface area (Å²) in [6.45, 7) is 2.71. The number of benzene rings is 2. The van der Waals surface area contributed by atoms with Crippen molar-refractivity contribution in [3.63, 3.8) is 0 Å². The molecule has 0 spiro atoms. The Balaban J connectivity index is 1.54. The predicted molar refractivity (Wildman–Crippen MR) is 117 cm³/mol. The first-order chi connectivity index (χ1) is 15.1. The third-order valence-electron chi connectivity index (χ3n) is 4.41. The average Bonchev–Trinajstić information content (AvgIpc) is 2.80. The average molecular weight is 423 g/mol. The molecule has 0 aliphatic rings. The van der Waals surface area contributed by atoms with Crippen LogP contribution in [0.5, 0.6) is 17.2 Å². The first-order valence-corrected chi connectivity index (χ1v) is 9.94. The molecule has 0 aliphatic carbocycles. The maximum Gasteiger partial charge on any atom is 0.266 e. The highest BCUT2D eigenvalue weighted by molar-refractivity contribution is 5.77. The van der Waals surface area contributed by atoms with E-state index in [2.05, 4.69) is 10.4 Å². The summed E-state index contributed by atoms with van der Waals surface area (Å²) in [6, 6.07) is 17.7. The SMILES string of the molecule is CCOc1ccccc1OCC(=O)NCCn1nc(-c2ccc(OC)cc2)ccc1=O. The van der Waals surface area contributed by atoms with Crippen LogP contribution in [0, 0.1) is 0 Å². The van der Waals surface area contributed by atoms with Crippen molar-refractivity contribution in [2.24, 2.45) is 0 Å². The van der Waals surface area contributed by atoms with Crippen molar-refractivity contribution in [1.82, 2.24) is 15.1 Å². The number of para-hydroxylation sites is 2. The van der Waals surface area contributed by atoms with Crippen LogP contribution in [0.15, 0.2) is 65.5 Å². The highest BCUT2D eigenvalue weighted by Gasteiger charge is 2.08. The molecule has 1 heterocycles. The van der Waals surface area contributed by atoms with E-state index in [1.165, 1.54) is 10.7 Å². The van der Waals surface area contributed by atoms with Gasteiger partial charge in [-0.25, -0.2) is 4.68 Å². The molecular weight excluding hydrogens is 398 g/mol. The fourth-order valence-corrected chi connectivity index (χ4v) is 2.86. The summed E-state index contributed by atoms with van der Waals surface area (Å²) in [4.78, 5) is 24.2. The zero-order valence-corrected chi connectivity index (χ0v) is 17.5. The lowest BCUT2D eigenvalue weighted by Gasteiger charge is -2.12. The van der Waals surface area contributed by atoms with Crippen LogP contribution in [0.3, 0.4) is 0 Å². The number of nitrogens with one attached hydrogen (secondary N) is 1. The summed E-state index contributed by atoms with van der Waals surface area (Å²) < 4.78 is 17.5. The first-order valence-electron chi connectivity index (χ1n) is 9.94. The fourth-order valence-electron chi connectivity index (χ4n) is 2.86. The molecule has 8 heteroatoms. The van der Waals surface area contributed by atoms with Crippen molar-refractivity contribution < 1.29 is 19.0 Å². The van der Waals surface area contributed by atoms with Crippen molar-refractivity contribution in [3.8, 4) is 28.5 Å². The Bertz CT molecular complexity index is 1060. The van der Waals surface area contributed by atoms with Gasteiger partial charge in [-0.05, 0) is 49.4 Å². The summed E-state index contributed by atoms with van der Waals surface area (Å²) >= 11 is 0. The maximum absolute atomic E-state index is 12.1. The van der Waals surface area contributed by atoms with Crippen molar-refractivity contribution in [3.05, 3.63) is 71.0 Å². The lowest BCUT2D eigenvalue weighted by Crippen LogP contribution is -2.34. The Morgan fingerprint density at radius 2 is 1.71 bits per heavy atom. The number of ether oxygens (including phenoxy) is 3. The lowest BCUT2D eigenvalue weighted by atomic mass is 10.1. The normalized spacial score (nSPS) is 10.4. The summed E-state index contributed by atoms with van der Waals surface area (Å²) in [5.41, 5.74) is 1.28. The third-order valence-corrected chi connectivity index (χ3v) is 4.41. The number of carbonyl (C=O) groups excluding carboxylic acids is 1. The van der Waals surface area contributed by atoms with Crippen molar-refractivity contribution in [2.75, 3.05) is 26.9 Å². The first kappa shape index (κ1) is 21.9. The van der Waals surface area contributed by atoms with Gasteiger partial charge < -0.3 is 19.5 Å². The van der Waals surface area contributed by atoms with Crippen LogP contribution in [0.2, 0.25) is 0 Å². The Hall–Kier alpha value is -3.81. The second-order valence-electron chi connectivity index (χ2n) is 6.53. The van der Waals surface area contributed by atoms with E-state index in [4.69, 9.17) is 14.2 Å². The molecule has 1 N–H and O–H groups in total. The van der Waals surface area contributed by atoms with E-state index < -0.39 is 0 Å². The molecule has 31 heavy (non-hydrogen) atoms. The Labute approximate surface area is 180 Å². The Morgan fingerprint density at radius 1 is 1.00 bits per heavy atom. The molecule has 3 aromatic rings. The van der Waals surface area contributed by atoms with E-state index in [0.717, 1.165) is 11.3 Å². The minimum Gasteiger partial charge on any atom is -0.497 e. The Morgan fingerprint density at radius 3 is 2.39 bits per heavy atom. The van der Waals surface area contributed by atoms with Gasteiger partial charge in [0.25, 0.3) is 11.5 Å². The standard InChI is InChI=1S/C23H25N3O5/c1-3-30-20-6-4-5-7-21(20)31-16-22(27)24-14-15-26-23(28)13-12-19(25-26)17-8-10-18(29-2)11-9-17/h4-13H,3,14-16H2,1-2H3,(H,24,27). The fraction of sp³-hybridized carbons (Fsp3) is 0.261. The van der Waals surface area contributed by atoms with E-state index in [-0.39, 0.29) is 31.2 Å².